The van der Waals surface area contributed by atoms with E-state index in [9.17, 15) is 15.2 Å². The first-order chi connectivity index (χ1) is 14.9. The molecule has 5 nitrogen and oxygen atoms in total. The van der Waals surface area contributed by atoms with Crippen LogP contribution < -0.4 is 10.1 Å². The van der Waals surface area contributed by atoms with Gasteiger partial charge in [0.15, 0.2) is 0 Å². The van der Waals surface area contributed by atoms with Crippen LogP contribution in [0.15, 0.2) is 50.9 Å². The first kappa shape index (κ1) is 25.0. The Balaban J connectivity index is 2.01. The number of unbranched alkanes of at least 4 members (excludes halogenated alkanes) is 5. The average molecular weight is 550 g/mol. The third kappa shape index (κ3) is 8.39. The SMILES string of the molecule is CCCCCCCCOc1c(Br)cc(/C=C(\C#N)C(=O)Nc2ccc(O)cc2)cc1Br. The topological polar surface area (TPSA) is 82.3 Å². The number of hydrogen-bond acceptors (Lipinski definition) is 4. The molecule has 0 radical (unpaired) electrons. The smallest absolute Gasteiger partial charge is 0.266 e. The molecule has 0 fully saturated rings. The minimum atomic E-state index is -0.524. The van der Waals surface area contributed by atoms with Gasteiger partial charge in [-0.2, -0.15) is 5.26 Å². The number of carbonyl (C=O) groups is 1. The van der Waals surface area contributed by atoms with Crippen LogP contribution in [0.2, 0.25) is 0 Å². The number of hydrogen-bond donors (Lipinski definition) is 2. The van der Waals surface area contributed by atoms with E-state index in [1.54, 1.807) is 12.1 Å². The molecule has 0 unspecified atom stereocenters. The van der Waals surface area contributed by atoms with Crippen molar-refractivity contribution in [2.45, 2.75) is 45.4 Å². The average Bonchev–Trinajstić information content (AvgIpc) is 2.74. The van der Waals surface area contributed by atoms with Crippen molar-refractivity contribution in [2.75, 3.05) is 11.9 Å². The zero-order chi connectivity index (χ0) is 22.6. The molecule has 2 aromatic rings. The number of anilines is 1. The molecular weight excluding hydrogens is 524 g/mol. The Hall–Kier alpha value is -2.30. The van der Waals surface area contributed by atoms with Crippen molar-refractivity contribution < 1.29 is 14.6 Å². The number of rotatable bonds is 11. The van der Waals surface area contributed by atoms with E-state index in [-0.39, 0.29) is 11.3 Å². The number of nitrogens with one attached hydrogen (secondary N) is 1. The largest absolute Gasteiger partial charge is 0.508 e. The van der Waals surface area contributed by atoms with E-state index < -0.39 is 5.91 Å². The lowest BCUT2D eigenvalue weighted by Gasteiger charge is -2.11. The molecule has 164 valence electrons. The number of halogens is 2. The first-order valence-electron chi connectivity index (χ1n) is 10.3. The maximum Gasteiger partial charge on any atom is 0.266 e. The summed E-state index contributed by atoms with van der Waals surface area (Å²) in [5, 5.41) is 21.4. The van der Waals surface area contributed by atoms with Crippen molar-refractivity contribution >= 4 is 49.5 Å². The van der Waals surface area contributed by atoms with Gasteiger partial charge in [0.2, 0.25) is 0 Å². The van der Waals surface area contributed by atoms with E-state index in [1.165, 1.54) is 43.9 Å². The van der Waals surface area contributed by atoms with Crippen molar-refractivity contribution in [3.63, 3.8) is 0 Å². The zero-order valence-electron chi connectivity index (χ0n) is 17.5. The highest BCUT2D eigenvalue weighted by atomic mass is 79.9. The maximum absolute atomic E-state index is 12.4. The van der Waals surface area contributed by atoms with Crippen LogP contribution in [0.1, 0.15) is 51.0 Å². The van der Waals surface area contributed by atoms with Gasteiger partial charge in [-0.3, -0.25) is 4.79 Å². The number of phenols is 1. The predicted molar refractivity (Wildman–Crippen MR) is 131 cm³/mol. The van der Waals surface area contributed by atoms with E-state index in [0.29, 0.717) is 23.6 Å². The Labute approximate surface area is 200 Å². The van der Waals surface area contributed by atoms with E-state index in [1.807, 2.05) is 18.2 Å². The Morgan fingerprint density at radius 3 is 2.32 bits per heavy atom. The molecular formula is C24H26Br2N2O3. The minimum Gasteiger partial charge on any atom is -0.508 e. The number of ether oxygens (including phenoxy) is 1. The second-order valence-corrected chi connectivity index (χ2v) is 8.81. The van der Waals surface area contributed by atoms with Crippen LogP contribution in [-0.2, 0) is 4.79 Å². The predicted octanol–water partition coefficient (Wildman–Crippen LogP) is 7.20. The molecule has 0 saturated carbocycles. The second kappa shape index (κ2) is 13.2. The number of nitrogens with zero attached hydrogens (tertiary/aromatic N) is 1. The second-order valence-electron chi connectivity index (χ2n) is 7.10. The minimum absolute atomic E-state index is 0.0346. The standard InChI is InChI=1S/C24H26Br2N2O3/c1-2-3-4-5-6-7-12-31-23-21(25)14-17(15-22(23)26)13-18(16-27)24(30)28-19-8-10-20(29)11-9-19/h8-11,13-15,29H,2-7,12H2,1H3,(H,28,30)/b18-13+. The summed E-state index contributed by atoms with van der Waals surface area (Å²) < 4.78 is 7.41. The third-order valence-electron chi connectivity index (χ3n) is 4.57. The molecule has 0 aliphatic rings. The quantitative estimate of drug-likeness (QED) is 0.134. The summed E-state index contributed by atoms with van der Waals surface area (Å²) in [5.74, 6) is 0.282. The summed E-state index contributed by atoms with van der Waals surface area (Å²) in [5.41, 5.74) is 1.14. The van der Waals surface area contributed by atoms with Gasteiger partial charge >= 0.3 is 0 Å². The van der Waals surface area contributed by atoms with Crippen LogP contribution in [0.5, 0.6) is 11.5 Å². The van der Waals surface area contributed by atoms with Crippen LogP contribution in [0.4, 0.5) is 5.69 Å². The summed E-state index contributed by atoms with van der Waals surface area (Å²) in [4.78, 5) is 12.4. The van der Waals surface area contributed by atoms with Crippen LogP contribution in [0, 0.1) is 11.3 Å². The molecule has 0 aliphatic carbocycles. The number of amides is 1. The number of aromatic hydroxyl groups is 1. The number of phenolic OH excluding ortho intramolecular Hbond substituents is 1. The third-order valence-corrected chi connectivity index (χ3v) is 5.74. The van der Waals surface area contributed by atoms with Crippen molar-refractivity contribution in [3.8, 4) is 17.6 Å². The summed E-state index contributed by atoms with van der Waals surface area (Å²) in [6.45, 7) is 2.84. The van der Waals surface area contributed by atoms with Gasteiger partial charge in [0.05, 0.1) is 15.6 Å². The van der Waals surface area contributed by atoms with Crippen LogP contribution in [-0.4, -0.2) is 17.6 Å². The van der Waals surface area contributed by atoms with Crippen molar-refractivity contribution in [3.05, 3.63) is 56.5 Å². The molecule has 1 amide bonds. The normalized spacial score (nSPS) is 11.1. The molecule has 0 bridgehead atoms. The number of nitriles is 1. The van der Waals surface area contributed by atoms with Crippen molar-refractivity contribution in [2.24, 2.45) is 0 Å². The fourth-order valence-electron chi connectivity index (χ4n) is 2.92. The highest BCUT2D eigenvalue weighted by Crippen LogP contribution is 2.35. The molecule has 0 aliphatic heterocycles. The summed E-state index contributed by atoms with van der Waals surface area (Å²) in [7, 11) is 0. The molecule has 0 spiro atoms. The Bertz CT molecular complexity index is 927. The van der Waals surface area contributed by atoms with Crippen LogP contribution in [0.25, 0.3) is 6.08 Å². The van der Waals surface area contributed by atoms with Crippen LogP contribution in [0.3, 0.4) is 0 Å². The molecule has 0 saturated heterocycles. The number of benzene rings is 2. The maximum atomic E-state index is 12.4. The lowest BCUT2D eigenvalue weighted by atomic mass is 10.1. The lowest BCUT2D eigenvalue weighted by Crippen LogP contribution is -2.13. The molecule has 0 heterocycles. The van der Waals surface area contributed by atoms with Gasteiger partial charge in [-0.25, -0.2) is 0 Å². The van der Waals surface area contributed by atoms with E-state index in [4.69, 9.17) is 4.74 Å². The van der Waals surface area contributed by atoms with Gasteiger partial charge in [-0.1, -0.05) is 39.0 Å². The van der Waals surface area contributed by atoms with Gasteiger partial charge in [0, 0.05) is 5.69 Å². The fraction of sp³-hybridized carbons (Fsp3) is 0.333. The molecule has 7 heteroatoms. The summed E-state index contributed by atoms with van der Waals surface area (Å²) in [6, 6.07) is 11.6. The van der Waals surface area contributed by atoms with Crippen molar-refractivity contribution in [1.29, 1.82) is 5.26 Å². The Morgan fingerprint density at radius 1 is 1.10 bits per heavy atom. The first-order valence-corrected chi connectivity index (χ1v) is 11.9. The number of carbonyl (C=O) groups excluding carboxylic acids is 1. The Kier molecular flexibility index (Phi) is 10.6. The molecule has 0 aromatic heterocycles. The molecule has 31 heavy (non-hydrogen) atoms. The van der Waals surface area contributed by atoms with Gasteiger partial charge in [0.25, 0.3) is 5.91 Å². The highest BCUT2D eigenvalue weighted by Gasteiger charge is 2.13. The molecule has 2 aromatic carbocycles. The van der Waals surface area contributed by atoms with Gasteiger partial charge < -0.3 is 15.2 Å². The van der Waals surface area contributed by atoms with Gasteiger partial charge in [-0.05, 0) is 86.3 Å². The monoisotopic (exact) mass is 548 g/mol. The summed E-state index contributed by atoms with van der Waals surface area (Å²) in [6.07, 6.45) is 8.69. The van der Waals surface area contributed by atoms with Gasteiger partial charge in [-0.15, -0.1) is 0 Å². The Morgan fingerprint density at radius 2 is 1.71 bits per heavy atom. The molecule has 2 N–H and O–H groups in total. The summed E-state index contributed by atoms with van der Waals surface area (Å²) >= 11 is 7.04. The van der Waals surface area contributed by atoms with E-state index in [2.05, 4.69) is 44.1 Å². The molecule has 2 rings (SSSR count). The fourth-order valence-corrected chi connectivity index (χ4v) is 4.37. The highest BCUT2D eigenvalue weighted by molar-refractivity contribution is 9.11. The van der Waals surface area contributed by atoms with E-state index >= 15 is 0 Å². The lowest BCUT2D eigenvalue weighted by molar-refractivity contribution is -0.112. The van der Waals surface area contributed by atoms with Gasteiger partial charge in [0.1, 0.15) is 23.1 Å². The van der Waals surface area contributed by atoms with E-state index in [0.717, 1.165) is 21.8 Å². The van der Waals surface area contributed by atoms with Crippen molar-refractivity contribution in [1.82, 2.24) is 0 Å². The van der Waals surface area contributed by atoms with Crippen LogP contribution >= 0.6 is 31.9 Å². The molecule has 0 atom stereocenters. The zero-order valence-corrected chi connectivity index (χ0v) is 20.6.